The summed E-state index contributed by atoms with van der Waals surface area (Å²) < 4.78 is 23.3. The number of hydrogen-bond donors (Lipinski definition) is 1. The molecule has 0 aliphatic heterocycles. The second kappa shape index (κ2) is 8.47. The molecule has 24 heavy (non-hydrogen) atoms. The van der Waals surface area contributed by atoms with Crippen LogP contribution in [0.4, 0.5) is 10.1 Å². The quantitative estimate of drug-likeness (QED) is 0.653. The number of anilines is 1. The molecule has 0 fully saturated rings. The summed E-state index contributed by atoms with van der Waals surface area (Å²) >= 11 is 0. The lowest BCUT2D eigenvalue weighted by Crippen LogP contribution is -2.20. The van der Waals surface area contributed by atoms with E-state index in [0.717, 1.165) is 5.56 Å². The van der Waals surface area contributed by atoms with Gasteiger partial charge in [-0.25, -0.2) is 9.18 Å². The average Bonchev–Trinajstić information content (AvgIpc) is 2.60. The Bertz CT molecular complexity index is 758. The van der Waals surface area contributed by atoms with E-state index in [4.69, 9.17) is 9.47 Å². The normalized spacial score (nSPS) is 10.4. The zero-order valence-electron chi connectivity index (χ0n) is 13.0. The Kier molecular flexibility index (Phi) is 6.08. The van der Waals surface area contributed by atoms with Gasteiger partial charge in [0.05, 0.1) is 12.8 Å². The van der Waals surface area contributed by atoms with Crippen molar-refractivity contribution in [3.8, 4) is 5.75 Å². The van der Waals surface area contributed by atoms with Gasteiger partial charge in [-0.05, 0) is 35.9 Å². The summed E-state index contributed by atoms with van der Waals surface area (Å²) in [4.78, 5) is 23.2. The van der Waals surface area contributed by atoms with Gasteiger partial charge < -0.3 is 14.8 Å². The Hall–Kier alpha value is -3.15. The standard InChI is InChI=1S/C18H16FNO4/c1-23-14-6-4-5-13(11-14)9-10-18(22)24-12-17(21)20-16-8-3-2-7-15(16)19/h2-11H,12H2,1H3,(H,20,21)/b10-9+. The zero-order valence-corrected chi connectivity index (χ0v) is 13.0. The summed E-state index contributed by atoms with van der Waals surface area (Å²) in [7, 11) is 1.55. The van der Waals surface area contributed by atoms with Crippen LogP contribution in [0.3, 0.4) is 0 Å². The molecule has 124 valence electrons. The van der Waals surface area contributed by atoms with Crippen LogP contribution < -0.4 is 10.1 Å². The van der Waals surface area contributed by atoms with Crippen LogP contribution in [0.1, 0.15) is 5.56 Å². The summed E-state index contributed by atoms with van der Waals surface area (Å²) in [6.45, 7) is -0.504. The fourth-order valence-corrected chi connectivity index (χ4v) is 1.84. The molecule has 0 atom stereocenters. The molecule has 0 unspecified atom stereocenters. The fourth-order valence-electron chi connectivity index (χ4n) is 1.84. The van der Waals surface area contributed by atoms with E-state index in [0.29, 0.717) is 5.75 Å². The average molecular weight is 329 g/mol. The van der Waals surface area contributed by atoms with Crippen molar-refractivity contribution in [2.45, 2.75) is 0 Å². The summed E-state index contributed by atoms with van der Waals surface area (Å²) in [5.74, 6) is -1.20. The number of benzene rings is 2. The highest BCUT2D eigenvalue weighted by atomic mass is 19.1. The SMILES string of the molecule is COc1cccc(/C=C/C(=O)OCC(=O)Nc2ccccc2F)c1. The van der Waals surface area contributed by atoms with Crippen molar-refractivity contribution in [1.29, 1.82) is 0 Å². The number of hydrogen-bond acceptors (Lipinski definition) is 4. The van der Waals surface area contributed by atoms with Gasteiger partial charge in [-0.3, -0.25) is 4.79 Å². The molecule has 0 radical (unpaired) electrons. The van der Waals surface area contributed by atoms with E-state index >= 15 is 0 Å². The molecule has 0 aliphatic rings. The molecule has 0 heterocycles. The van der Waals surface area contributed by atoms with Gasteiger partial charge in [0.2, 0.25) is 0 Å². The Morgan fingerprint density at radius 2 is 1.96 bits per heavy atom. The van der Waals surface area contributed by atoms with Crippen LogP contribution in [0, 0.1) is 5.82 Å². The van der Waals surface area contributed by atoms with Crippen LogP contribution in [0.5, 0.6) is 5.75 Å². The number of halogens is 1. The number of amides is 1. The number of para-hydroxylation sites is 1. The maximum absolute atomic E-state index is 13.4. The molecule has 0 saturated carbocycles. The first-order valence-electron chi connectivity index (χ1n) is 7.12. The van der Waals surface area contributed by atoms with Gasteiger partial charge >= 0.3 is 5.97 Å². The number of carbonyl (C=O) groups excluding carboxylic acids is 2. The van der Waals surface area contributed by atoms with Crippen LogP contribution in [0.2, 0.25) is 0 Å². The predicted octanol–water partition coefficient (Wildman–Crippen LogP) is 3.03. The lowest BCUT2D eigenvalue weighted by Gasteiger charge is -2.06. The highest BCUT2D eigenvalue weighted by Gasteiger charge is 2.08. The lowest BCUT2D eigenvalue weighted by atomic mass is 10.2. The van der Waals surface area contributed by atoms with E-state index < -0.39 is 24.3 Å². The minimum absolute atomic E-state index is 0.0328. The topological polar surface area (TPSA) is 64.6 Å². The molecule has 2 rings (SSSR count). The number of carbonyl (C=O) groups is 2. The molecular formula is C18H16FNO4. The van der Waals surface area contributed by atoms with E-state index in [1.54, 1.807) is 43.5 Å². The van der Waals surface area contributed by atoms with Gasteiger partial charge in [0.1, 0.15) is 11.6 Å². The molecule has 6 heteroatoms. The highest BCUT2D eigenvalue weighted by molar-refractivity contribution is 5.94. The monoisotopic (exact) mass is 329 g/mol. The smallest absolute Gasteiger partial charge is 0.331 e. The Morgan fingerprint density at radius 1 is 1.17 bits per heavy atom. The first-order valence-corrected chi connectivity index (χ1v) is 7.12. The Labute approximate surface area is 138 Å². The predicted molar refractivity (Wildman–Crippen MR) is 88.0 cm³/mol. The van der Waals surface area contributed by atoms with Crippen molar-refractivity contribution in [3.05, 3.63) is 66.0 Å². The fraction of sp³-hybridized carbons (Fsp3) is 0.111. The van der Waals surface area contributed by atoms with E-state index in [1.807, 2.05) is 0 Å². The Morgan fingerprint density at radius 3 is 2.71 bits per heavy atom. The molecule has 2 aromatic carbocycles. The molecule has 1 N–H and O–H groups in total. The third-order valence-corrected chi connectivity index (χ3v) is 3.00. The second-order valence-corrected chi connectivity index (χ2v) is 4.75. The first-order chi connectivity index (χ1) is 11.6. The van der Waals surface area contributed by atoms with E-state index in [1.165, 1.54) is 24.3 Å². The molecule has 0 aromatic heterocycles. The summed E-state index contributed by atoms with van der Waals surface area (Å²) in [5, 5.41) is 2.32. The summed E-state index contributed by atoms with van der Waals surface area (Å²) in [5.41, 5.74) is 0.785. The minimum Gasteiger partial charge on any atom is -0.497 e. The number of rotatable bonds is 6. The van der Waals surface area contributed by atoms with Crippen molar-refractivity contribution in [2.24, 2.45) is 0 Å². The number of nitrogens with one attached hydrogen (secondary N) is 1. The molecule has 1 amide bonds. The lowest BCUT2D eigenvalue weighted by molar-refractivity contribution is -0.142. The number of methoxy groups -OCH3 is 1. The third-order valence-electron chi connectivity index (χ3n) is 3.00. The molecule has 0 spiro atoms. The highest BCUT2D eigenvalue weighted by Crippen LogP contribution is 2.14. The maximum Gasteiger partial charge on any atom is 0.331 e. The van der Waals surface area contributed by atoms with Crippen molar-refractivity contribution < 1.29 is 23.5 Å². The van der Waals surface area contributed by atoms with Crippen molar-refractivity contribution >= 4 is 23.6 Å². The van der Waals surface area contributed by atoms with Gasteiger partial charge in [-0.2, -0.15) is 0 Å². The van der Waals surface area contributed by atoms with Gasteiger partial charge in [0.25, 0.3) is 5.91 Å². The van der Waals surface area contributed by atoms with Crippen LogP contribution in [-0.4, -0.2) is 25.6 Å². The molecule has 0 aliphatic carbocycles. The van der Waals surface area contributed by atoms with Crippen molar-refractivity contribution in [2.75, 3.05) is 19.0 Å². The summed E-state index contributed by atoms with van der Waals surface area (Å²) in [6.07, 6.45) is 2.74. The molecule has 0 bridgehead atoms. The van der Waals surface area contributed by atoms with Gasteiger partial charge in [-0.1, -0.05) is 24.3 Å². The van der Waals surface area contributed by atoms with E-state index in [2.05, 4.69) is 5.32 Å². The second-order valence-electron chi connectivity index (χ2n) is 4.75. The number of esters is 1. The largest absolute Gasteiger partial charge is 0.497 e. The van der Waals surface area contributed by atoms with Gasteiger partial charge in [0.15, 0.2) is 6.61 Å². The molecular weight excluding hydrogens is 313 g/mol. The van der Waals surface area contributed by atoms with Crippen molar-refractivity contribution in [3.63, 3.8) is 0 Å². The maximum atomic E-state index is 13.4. The third kappa shape index (κ3) is 5.24. The molecule has 5 nitrogen and oxygen atoms in total. The van der Waals surface area contributed by atoms with Crippen LogP contribution in [-0.2, 0) is 14.3 Å². The van der Waals surface area contributed by atoms with Gasteiger partial charge in [-0.15, -0.1) is 0 Å². The summed E-state index contributed by atoms with van der Waals surface area (Å²) in [6, 6.07) is 12.8. The zero-order chi connectivity index (χ0) is 17.4. The van der Waals surface area contributed by atoms with Crippen LogP contribution in [0.25, 0.3) is 6.08 Å². The molecule has 2 aromatic rings. The van der Waals surface area contributed by atoms with Crippen LogP contribution in [0.15, 0.2) is 54.6 Å². The number of ether oxygens (including phenoxy) is 2. The van der Waals surface area contributed by atoms with E-state index in [9.17, 15) is 14.0 Å². The van der Waals surface area contributed by atoms with Crippen molar-refractivity contribution in [1.82, 2.24) is 0 Å². The first kappa shape index (κ1) is 17.2. The van der Waals surface area contributed by atoms with Crippen LogP contribution >= 0.6 is 0 Å². The minimum atomic E-state index is -0.679. The molecule has 0 saturated heterocycles. The Balaban J connectivity index is 1.83. The van der Waals surface area contributed by atoms with E-state index in [-0.39, 0.29) is 5.69 Å². The van der Waals surface area contributed by atoms with Gasteiger partial charge in [0, 0.05) is 6.08 Å².